The van der Waals surface area contributed by atoms with E-state index >= 15 is 0 Å². The summed E-state index contributed by atoms with van der Waals surface area (Å²) in [5.41, 5.74) is 3.11. The van der Waals surface area contributed by atoms with Crippen molar-refractivity contribution in [1.82, 2.24) is 5.32 Å². The molecule has 1 fully saturated rings. The highest BCUT2D eigenvalue weighted by atomic mass is 14.9. The van der Waals surface area contributed by atoms with E-state index in [9.17, 15) is 0 Å². The Morgan fingerprint density at radius 3 is 2.18 bits per heavy atom. The highest BCUT2D eigenvalue weighted by molar-refractivity contribution is 5.29. The van der Waals surface area contributed by atoms with E-state index in [2.05, 4.69) is 57.4 Å². The lowest BCUT2D eigenvalue weighted by Crippen LogP contribution is -2.17. The van der Waals surface area contributed by atoms with Crippen LogP contribution in [0.2, 0.25) is 0 Å². The fourth-order valence-corrected chi connectivity index (χ4v) is 2.32. The van der Waals surface area contributed by atoms with Crippen LogP contribution in [0.1, 0.15) is 57.2 Å². The molecule has 1 aliphatic rings. The first-order valence-electron chi connectivity index (χ1n) is 6.78. The molecule has 1 N–H and O–H groups in total. The van der Waals surface area contributed by atoms with E-state index in [-0.39, 0.29) is 5.41 Å². The maximum absolute atomic E-state index is 3.45. The largest absolute Gasteiger partial charge is 0.313 e. The van der Waals surface area contributed by atoms with E-state index in [0.717, 1.165) is 5.92 Å². The summed E-state index contributed by atoms with van der Waals surface area (Å²) in [7, 11) is 2.07. The zero-order valence-corrected chi connectivity index (χ0v) is 11.6. The molecular formula is C16H25N. The second-order valence-electron chi connectivity index (χ2n) is 6.39. The standard InChI is InChI=1S/C16H25N/c1-16(2,3)14-9-7-13(8-10-14)15(17-4)11-12-5-6-12/h7-10,12,15,17H,5-6,11H2,1-4H3. The lowest BCUT2D eigenvalue weighted by Gasteiger charge is -2.21. The molecule has 0 amide bonds. The van der Waals surface area contributed by atoms with Gasteiger partial charge in [0.1, 0.15) is 0 Å². The molecule has 0 bridgehead atoms. The Kier molecular flexibility index (Phi) is 3.58. The van der Waals surface area contributed by atoms with Crippen molar-refractivity contribution >= 4 is 0 Å². The molecule has 1 unspecified atom stereocenters. The Morgan fingerprint density at radius 2 is 1.76 bits per heavy atom. The summed E-state index contributed by atoms with van der Waals surface area (Å²) in [6, 6.07) is 9.70. The Labute approximate surface area is 106 Å². The van der Waals surface area contributed by atoms with E-state index < -0.39 is 0 Å². The van der Waals surface area contributed by atoms with Crippen molar-refractivity contribution in [2.24, 2.45) is 5.92 Å². The van der Waals surface area contributed by atoms with Gasteiger partial charge in [0.25, 0.3) is 0 Å². The maximum atomic E-state index is 3.45. The van der Waals surface area contributed by atoms with Crippen molar-refractivity contribution in [3.05, 3.63) is 35.4 Å². The molecule has 0 aliphatic heterocycles. The van der Waals surface area contributed by atoms with Crippen molar-refractivity contribution in [2.75, 3.05) is 7.05 Å². The Hall–Kier alpha value is -0.820. The molecule has 1 atom stereocenters. The van der Waals surface area contributed by atoms with Crippen LogP contribution in [0.5, 0.6) is 0 Å². The van der Waals surface area contributed by atoms with E-state index in [4.69, 9.17) is 0 Å². The van der Waals surface area contributed by atoms with Gasteiger partial charge in [0.2, 0.25) is 0 Å². The number of rotatable bonds is 4. The average molecular weight is 231 g/mol. The Morgan fingerprint density at radius 1 is 1.18 bits per heavy atom. The Balaban J connectivity index is 2.09. The Bertz CT molecular complexity index is 354. The molecule has 1 heteroatoms. The summed E-state index contributed by atoms with van der Waals surface area (Å²) < 4.78 is 0. The summed E-state index contributed by atoms with van der Waals surface area (Å²) in [5, 5.41) is 3.45. The normalized spacial score (nSPS) is 18.1. The summed E-state index contributed by atoms with van der Waals surface area (Å²) >= 11 is 0. The molecule has 0 aromatic heterocycles. The van der Waals surface area contributed by atoms with Gasteiger partial charge < -0.3 is 5.32 Å². The SMILES string of the molecule is CNC(CC1CC1)c1ccc(C(C)(C)C)cc1. The smallest absolute Gasteiger partial charge is 0.0320 e. The summed E-state index contributed by atoms with van der Waals surface area (Å²) in [6.45, 7) is 6.80. The first-order valence-corrected chi connectivity index (χ1v) is 6.78. The van der Waals surface area contributed by atoms with Gasteiger partial charge in [0.05, 0.1) is 0 Å². The van der Waals surface area contributed by atoms with Crippen molar-refractivity contribution in [1.29, 1.82) is 0 Å². The first-order chi connectivity index (χ1) is 8.00. The van der Waals surface area contributed by atoms with Gasteiger partial charge in [0.15, 0.2) is 0 Å². The molecule has 2 rings (SSSR count). The lowest BCUT2D eigenvalue weighted by molar-refractivity contribution is 0.513. The summed E-state index contributed by atoms with van der Waals surface area (Å²) in [5.74, 6) is 0.967. The van der Waals surface area contributed by atoms with Gasteiger partial charge in [-0.2, -0.15) is 0 Å². The van der Waals surface area contributed by atoms with Crippen molar-refractivity contribution in [3.8, 4) is 0 Å². The molecule has 1 saturated carbocycles. The highest BCUT2D eigenvalue weighted by Crippen LogP contribution is 2.37. The van der Waals surface area contributed by atoms with Crippen LogP contribution in [-0.2, 0) is 5.41 Å². The topological polar surface area (TPSA) is 12.0 Å². The molecule has 1 aromatic rings. The number of hydrogen-bond acceptors (Lipinski definition) is 1. The second-order valence-corrected chi connectivity index (χ2v) is 6.39. The van der Waals surface area contributed by atoms with Crippen LogP contribution in [0.3, 0.4) is 0 Å². The fraction of sp³-hybridized carbons (Fsp3) is 0.625. The zero-order chi connectivity index (χ0) is 12.5. The molecule has 94 valence electrons. The lowest BCUT2D eigenvalue weighted by atomic mass is 9.86. The van der Waals surface area contributed by atoms with Crippen LogP contribution in [0.15, 0.2) is 24.3 Å². The van der Waals surface area contributed by atoms with Crippen LogP contribution in [0, 0.1) is 5.92 Å². The monoisotopic (exact) mass is 231 g/mol. The molecule has 17 heavy (non-hydrogen) atoms. The molecular weight excluding hydrogens is 206 g/mol. The van der Waals surface area contributed by atoms with Gasteiger partial charge in [-0.15, -0.1) is 0 Å². The van der Waals surface area contributed by atoms with Gasteiger partial charge in [-0.05, 0) is 35.9 Å². The molecule has 0 heterocycles. The van der Waals surface area contributed by atoms with Crippen LogP contribution in [0.25, 0.3) is 0 Å². The van der Waals surface area contributed by atoms with Gasteiger partial charge >= 0.3 is 0 Å². The van der Waals surface area contributed by atoms with Crippen LogP contribution in [0.4, 0.5) is 0 Å². The minimum absolute atomic E-state index is 0.254. The predicted octanol–water partition coefficient (Wildman–Crippen LogP) is 4.04. The number of benzene rings is 1. The van der Waals surface area contributed by atoms with E-state index in [1.807, 2.05) is 0 Å². The third kappa shape index (κ3) is 3.32. The van der Waals surface area contributed by atoms with Crippen LogP contribution >= 0.6 is 0 Å². The van der Waals surface area contributed by atoms with Gasteiger partial charge in [-0.1, -0.05) is 57.9 Å². The van der Waals surface area contributed by atoms with Crippen molar-refractivity contribution in [3.63, 3.8) is 0 Å². The first kappa shape index (κ1) is 12.6. The molecule has 1 aliphatic carbocycles. The average Bonchev–Trinajstić information content (AvgIpc) is 3.09. The van der Waals surface area contributed by atoms with Crippen molar-refractivity contribution < 1.29 is 0 Å². The van der Waals surface area contributed by atoms with Gasteiger partial charge in [0, 0.05) is 6.04 Å². The summed E-state index contributed by atoms with van der Waals surface area (Å²) in [6.07, 6.45) is 4.15. The molecule has 0 saturated heterocycles. The number of hydrogen-bond donors (Lipinski definition) is 1. The van der Waals surface area contributed by atoms with Crippen molar-refractivity contribution in [2.45, 2.75) is 51.5 Å². The maximum Gasteiger partial charge on any atom is 0.0320 e. The van der Waals surface area contributed by atoms with E-state index in [1.54, 1.807) is 0 Å². The quantitative estimate of drug-likeness (QED) is 0.824. The zero-order valence-electron chi connectivity index (χ0n) is 11.6. The number of nitrogens with one attached hydrogen (secondary N) is 1. The third-order valence-corrected chi connectivity index (χ3v) is 3.79. The summed E-state index contributed by atoms with van der Waals surface area (Å²) in [4.78, 5) is 0. The van der Waals surface area contributed by atoms with Crippen LogP contribution in [-0.4, -0.2) is 7.05 Å². The minimum atomic E-state index is 0.254. The van der Waals surface area contributed by atoms with Gasteiger partial charge in [-0.3, -0.25) is 0 Å². The molecule has 1 nitrogen and oxygen atoms in total. The molecule has 0 spiro atoms. The predicted molar refractivity (Wildman–Crippen MR) is 74.3 cm³/mol. The minimum Gasteiger partial charge on any atom is -0.313 e. The fourth-order valence-electron chi connectivity index (χ4n) is 2.32. The van der Waals surface area contributed by atoms with Gasteiger partial charge in [-0.25, -0.2) is 0 Å². The highest BCUT2D eigenvalue weighted by Gasteiger charge is 2.25. The van der Waals surface area contributed by atoms with E-state index in [1.165, 1.54) is 30.4 Å². The van der Waals surface area contributed by atoms with Crippen LogP contribution < -0.4 is 5.32 Å². The molecule has 1 aromatic carbocycles. The van der Waals surface area contributed by atoms with E-state index in [0.29, 0.717) is 6.04 Å². The third-order valence-electron chi connectivity index (χ3n) is 3.79. The second kappa shape index (κ2) is 4.81. The molecule has 0 radical (unpaired) electrons.